The number of piperidine rings is 1. The van der Waals surface area contributed by atoms with Gasteiger partial charge in [0.05, 0.1) is 4.75 Å². The molecule has 118 valence electrons. The fraction of sp³-hybridized carbons (Fsp3) is 0.875. The predicted molar refractivity (Wildman–Crippen MR) is 83.3 cm³/mol. The molecule has 4 nitrogen and oxygen atoms in total. The van der Waals surface area contributed by atoms with Gasteiger partial charge in [0.1, 0.15) is 6.04 Å². The van der Waals surface area contributed by atoms with Crippen LogP contribution in [0.2, 0.25) is 0 Å². The standard InChI is InChI=1S/C16H25NO3S/c1-16(9-4-10-21-16)15(20)17-12-6-3-2-5-11(12)7-8-13(17)14(18)19/h11-13H,2-10H2,1H3,(H,18,19). The van der Waals surface area contributed by atoms with Crippen LogP contribution in [0.5, 0.6) is 0 Å². The van der Waals surface area contributed by atoms with E-state index in [1.54, 1.807) is 16.7 Å². The van der Waals surface area contributed by atoms with Crippen molar-refractivity contribution in [1.29, 1.82) is 0 Å². The molecule has 3 rings (SSSR count). The van der Waals surface area contributed by atoms with Gasteiger partial charge in [-0.2, -0.15) is 0 Å². The first kappa shape index (κ1) is 15.2. The van der Waals surface area contributed by atoms with Crippen LogP contribution in [-0.2, 0) is 9.59 Å². The van der Waals surface area contributed by atoms with Gasteiger partial charge in [0.15, 0.2) is 0 Å². The summed E-state index contributed by atoms with van der Waals surface area (Å²) in [5.41, 5.74) is 0. The fourth-order valence-corrected chi connectivity index (χ4v) is 5.65. The van der Waals surface area contributed by atoms with E-state index < -0.39 is 16.8 Å². The number of hydrogen-bond donors (Lipinski definition) is 1. The molecular weight excluding hydrogens is 286 g/mol. The topological polar surface area (TPSA) is 57.6 Å². The summed E-state index contributed by atoms with van der Waals surface area (Å²) in [5.74, 6) is 0.809. The number of fused-ring (bicyclic) bond motifs is 1. The van der Waals surface area contributed by atoms with E-state index in [1.165, 1.54) is 6.42 Å². The van der Waals surface area contributed by atoms with Gasteiger partial charge in [-0.1, -0.05) is 12.8 Å². The Kier molecular flexibility index (Phi) is 4.21. The molecule has 2 aliphatic heterocycles. The Balaban J connectivity index is 1.88. The Morgan fingerprint density at radius 1 is 1.14 bits per heavy atom. The molecule has 4 unspecified atom stereocenters. The van der Waals surface area contributed by atoms with Crippen LogP contribution >= 0.6 is 11.8 Å². The number of amides is 1. The molecule has 21 heavy (non-hydrogen) atoms. The number of carboxylic acid groups (broad SMARTS) is 1. The van der Waals surface area contributed by atoms with Crippen molar-refractivity contribution >= 4 is 23.6 Å². The Hall–Kier alpha value is -0.710. The summed E-state index contributed by atoms with van der Waals surface area (Å²) in [5, 5.41) is 9.57. The molecule has 1 amide bonds. The summed E-state index contributed by atoms with van der Waals surface area (Å²) in [7, 11) is 0. The average molecular weight is 311 g/mol. The largest absolute Gasteiger partial charge is 0.480 e. The third-order valence-corrected chi connectivity index (χ3v) is 7.07. The molecule has 4 atom stereocenters. The zero-order valence-corrected chi connectivity index (χ0v) is 13.5. The molecule has 3 fully saturated rings. The summed E-state index contributed by atoms with van der Waals surface area (Å²) in [6.07, 6.45) is 8.04. The van der Waals surface area contributed by atoms with Gasteiger partial charge in [0, 0.05) is 6.04 Å². The van der Waals surface area contributed by atoms with Crippen molar-refractivity contribution in [3.8, 4) is 0 Å². The number of carbonyl (C=O) groups excluding carboxylic acids is 1. The SMILES string of the molecule is CC1(C(=O)N2C(C(=O)O)CCC3CCCCC32)CCCS1. The Morgan fingerprint density at radius 3 is 2.57 bits per heavy atom. The van der Waals surface area contributed by atoms with E-state index in [-0.39, 0.29) is 11.9 Å². The maximum atomic E-state index is 13.1. The Bertz CT molecular complexity index is 433. The number of likely N-dealkylation sites (tertiary alicyclic amines) is 1. The van der Waals surface area contributed by atoms with E-state index >= 15 is 0 Å². The molecule has 1 saturated carbocycles. The molecule has 2 saturated heterocycles. The van der Waals surface area contributed by atoms with Crippen LogP contribution in [0.15, 0.2) is 0 Å². The maximum absolute atomic E-state index is 13.1. The van der Waals surface area contributed by atoms with E-state index in [1.807, 2.05) is 6.92 Å². The number of thioether (sulfide) groups is 1. The number of nitrogens with zero attached hydrogens (tertiary/aromatic N) is 1. The number of rotatable bonds is 2. The summed E-state index contributed by atoms with van der Waals surface area (Å²) in [6.45, 7) is 2.01. The van der Waals surface area contributed by atoms with Crippen molar-refractivity contribution in [2.45, 2.75) is 75.1 Å². The lowest BCUT2D eigenvalue weighted by Crippen LogP contribution is -2.61. The lowest BCUT2D eigenvalue weighted by molar-refractivity contribution is -0.159. The number of aliphatic carboxylic acids is 1. The molecule has 3 aliphatic rings. The van der Waals surface area contributed by atoms with Crippen molar-refractivity contribution < 1.29 is 14.7 Å². The normalized spacial score (nSPS) is 39.9. The highest BCUT2D eigenvalue weighted by Gasteiger charge is 2.49. The predicted octanol–water partition coefficient (Wildman–Crippen LogP) is 2.91. The highest BCUT2D eigenvalue weighted by Crippen LogP contribution is 2.44. The van der Waals surface area contributed by atoms with Crippen LogP contribution in [0.3, 0.4) is 0 Å². The van der Waals surface area contributed by atoms with E-state index in [0.717, 1.165) is 44.3 Å². The first-order chi connectivity index (χ1) is 10.0. The highest BCUT2D eigenvalue weighted by molar-refractivity contribution is 8.01. The fourth-order valence-electron chi connectivity index (χ4n) is 4.39. The number of hydrogen-bond acceptors (Lipinski definition) is 3. The second-order valence-electron chi connectivity index (χ2n) is 6.94. The van der Waals surface area contributed by atoms with Crippen LogP contribution in [0, 0.1) is 5.92 Å². The van der Waals surface area contributed by atoms with Crippen molar-refractivity contribution in [2.75, 3.05) is 5.75 Å². The van der Waals surface area contributed by atoms with E-state index in [4.69, 9.17) is 0 Å². The van der Waals surface area contributed by atoms with Crippen LogP contribution in [0.4, 0.5) is 0 Å². The molecule has 0 aromatic rings. The van der Waals surface area contributed by atoms with Crippen molar-refractivity contribution in [1.82, 2.24) is 4.90 Å². The van der Waals surface area contributed by atoms with Crippen LogP contribution in [-0.4, -0.2) is 44.5 Å². The molecule has 0 radical (unpaired) electrons. The average Bonchev–Trinajstić information content (AvgIpc) is 2.93. The minimum atomic E-state index is -0.820. The minimum Gasteiger partial charge on any atom is -0.480 e. The second-order valence-corrected chi connectivity index (χ2v) is 8.54. The molecular formula is C16H25NO3S. The molecule has 2 heterocycles. The van der Waals surface area contributed by atoms with Crippen molar-refractivity contribution in [3.05, 3.63) is 0 Å². The number of carboxylic acids is 1. The Morgan fingerprint density at radius 2 is 1.90 bits per heavy atom. The van der Waals surface area contributed by atoms with Crippen LogP contribution in [0.25, 0.3) is 0 Å². The van der Waals surface area contributed by atoms with Gasteiger partial charge < -0.3 is 10.0 Å². The zero-order valence-electron chi connectivity index (χ0n) is 12.7. The molecule has 1 aliphatic carbocycles. The van der Waals surface area contributed by atoms with Gasteiger partial charge in [-0.15, -0.1) is 11.8 Å². The molecule has 5 heteroatoms. The van der Waals surface area contributed by atoms with Gasteiger partial charge in [0.25, 0.3) is 0 Å². The van der Waals surface area contributed by atoms with E-state index in [0.29, 0.717) is 12.3 Å². The third kappa shape index (κ3) is 2.69. The van der Waals surface area contributed by atoms with Gasteiger partial charge in [-0.05, 0) is 57.1 Å². The van der Waals surface area contributed by atoms with Crippen molar-refractivity contribution in [2.24, 2.45) is 5.92 Å². The van der Waals surface area contributed by atoms with Crippen molar-refractivity contribution in [3.63, 3.8) is 0 Å². The van der Waals surface area contributed by atoms with E-state index in [2.05, 4.69) is 0 Å². The zero-order chi connectivity index (χ0) is 15.0. The quantitative estimate of drug-likeness (QED) is 0.852. The summed E-state index contributed by atoms with van der Waals surface area (Å²) < 4.78 is -0.396. The highest BCUT2D eigenvalue weighted by atomic mass is 32.2. The molecule has 0 bridgehead atoms. The first-order valence-electron chi connectivity index (χ1n) is 8.22. The van der Waals surface area contributed by atoms with Gasteiger partial charge >= 0.3 is 5.97 Å². The molecule has 0 aromatic carbocycles. The molecule has 1 N–H and O–H groups in total. The Labute approximate surface area is 130 Å². The van der Waals surface area contributed by atoms with Gasteiger partial charge in [-0.25, -0.2) is 4.79 Å². The van der Waals surface area contributed by atoms with Gasteiger partial charge in [0.2, 0.25) is 5.91 Å². The molecule has 0 aromatic heterocycles. The van der Waals surface area contributed by atoms with Crippen LogP contribution in [0.1, 0.15) is 58.3 Å². The lowest BCUT2D eigenvalue weighted by Gasteiger charge is -2.49. The van der Waals surface area contributed by atoms with Crippen LogP contribution < -0.4 is 0 Å². The second kappa shape index (κ2) is 5.82. The monoisotopic (exact) mass is 311 g/mol. The minimum absolute atomic E-state index is 0.0917. The summed E-state index contributed by atoms with van der Waals surface area (Å²) in [6, 6.07) is -0.436. The molecule has 0 spiro atoms. The lowest BCUT2D eigenvalue weighted by atomic mass is 9.75. The van der Waals surface area contributed by atoms with E-state index in [9.17, 15) is 14.7 Å². The third-order valence-electron chi connectivity index (χ3n) is 5.56. The summed E-state index contributed by atoms with van der Waals surface area (Å²) in [4.78, 5) is 26.6. The van der Waals surface area contributed by atoms with Gasteiger partial charge in [-0.3, -0.25) is 4.79 Å². The smallest absolute Gasteiger partial charge is 0.326 e. The first-order valence-corrected chi connectivity index (χ1v) is 9.21. The maximum Gasteiger partial charge on any atom is 0.326 e. The number of carbonyl (C=O) groups is 2. The summed E-state index contributed by atoms with van der Waals surface area (Å²) >= 11 is 1.72.